The summed E-state index contributed by atoms with van der Waals surface area (Å²) in [5.74, 6) is -0.977. The molecule has 15 heavy (non-hydrogen) atoms. The van der Waals surface area contributed by atoms with Crippen LogP contribution < -0.4 is 5.32 Å². The number of aliphatic hydroxyl groups is 1. The molecule has 0 bridgehead atoms. The maximum atomic E-state index is 10.7. The largest absolute Gasteiger partial charge is 0.481 e. The fourth-order valence-electron chi connectivity index (χ4n) is 2.08. The van der Waals surface area contributed by atoms with E-state index in [9.17, 15) is 9.90 Å². The van der Waals surface area contributed by atoms with E-state index in [1.54, 1.807) is 0 Å². The standard InChI is InChI=1S/C11H21NO3/c1-2-7-12-8-11(15)5-3-9(4-6-11)10(13)14/h9,12,15H,2-8H2,1H3,(H,13,14). The molecule has 4 heteroatoms. The summed E-state index contributed by atoms with van der Waals surface area (Å²) in [6.45, 7) is 3.58. The van der Waals surface area contributed by atoms with Gasteiger partial charge in [-0.2, -0.15) is 0 Å². The van der Waals surface area contributed by atoms with Crippen molar-refractivity contribution in [1.29, 1.82) is 0 Å². The van der Waals surface area contributed by atoms with E-state index in [2.05, 4.69) is 12.2 Å². The number of carboxylic acids is 1. The molecule has 88 valence electrons. The van der Waals surface area contributed by atoms with Crippen molar-refractivity contribution in [2.45, 2.75) is 44.6 Å². The molecule has 1 aliphatic rings. The molecular formula is C11H21NO3. The summed E-state index contributed by atoms with van der Waals surface area (Å²) in [6, 6.07) is 0. The first-order valence-electron chi connectivity index (χ1n) is 5.73. The second-order valence-electron chi connectivity index (χ2n) is 4.51. The average molecular weight is 215 g/mol. The van der Waals surface area contributed by atoms with E-state index >= 15 is 0 Å². The lowest BCUT2D eigenvalue weighted by Gasteiger charge is -2.34. The molecule has 0 amide bonds. The summed E-state index contributed by atoms with van der Waals surface area (Å²) >= 11 is 0. The minimum Gasteiger partial charge on any atom is -0.481 e. The van der Waals surface area contributed by atoms with Gasteiger partial charge in [-0.15, -0.1) is 0 Å². The minimum atomic E-state index is -0.724. The highest BCUT2D eigenvalue weighted by molar-refractivity contribution is 5.70. The minimum absolute atomic E-state index is 0.253. The van der Waals surface area contributed by atoms with Crippen LogP contribution in [0.4, 0.5) is 0 Å². The number of rotatable bonds is 5. The van der Waals surface area contributed by atoms with Gasteiger partial charge in [0, 0.05) is 6.54 Å². The summed E-state index contributed by atoms with van der Waals surface area (Å²) in [6.07, 6.45) is 3.44. The highest BCUT2D eigenvalue weighted by atomic mass is 16.4. The van der Waals surface area contributed by atoms with Gasteiger partial charge in [-0.1, -0.05) is 6.92 Å². The van der Waals surface area contributed by atoms with Crippen LogP contribution in [0.1, 0.15) is 39.0 Å². The van der Waals surface area contributed by atoms with Crippen LogP contribution in [0.3, 0.4) is 0 Å². The molecule has 0 radical (unpaired) electrons. The van der Waals surface area contributed by atoms with Crippen molar-refractivity contribution in [3.63, 3.8) is 0 Å². The van der Waals surface area contributed by atoms with Crippen molar-refractivity contribution in [3.05, 3.63) is 0 Å². The van der Waals surface area contributed by atoms with Crippen molar-refractivity contribution in [3.8, 4) is 0 Å². The lowest BCUT2D eigenvalue weighted by Crippen LogP contribution is -2.44. The van der Waals surface area contributed by atoms with Crippen molar-refractivity contribution in [2.24, 2.45) is 5.92 Å². The first-order valence-corrected chi connectivity index (χ1v) is 5.73. The predicted octanol–water partition coefficient (Wildman–Crippen LogP) is 0.992. The Morgan fingerprint density at radius 2 is 2.07 bits per heavy atom. The average Bonchev–Trinajstić information content (AvgIpc) is 2.18. The molecule has 0 aromatic heterocycles. The Morgan fingerprint density at radius 3 is 2.53 bits per heavy atom. The summed E-state index contributed by atoms with van der Waals surface area (Å²) in [7, 11) is 0. The Balaban J connectivity index is 2.30. The third-order valence-corrected chi connectivity index (χ3v) is 3.15. The lowest BCUT2D eigenvalue weighted by molar-refractivity contribution is -0.144. The molecule has 1 fully saturated rings. The van der Waals surface area contributed by atoms with Crippen molar-refractivity contribution in [1.82, 2.24) is 5.32 Å². The first kappa shape index (κ1) is 12.5. The monoisotopic (exact) mass is 215 g/mol. The van der Waals surface area contributed by atoms with Crippen LogP contribution >= 0.6 is 0 Å². The van der Waals surface area contributed by atoms with Crippen LogP contribution in [-0.4, -0.2) is 34.9 Å². The Hall–Kier alpha value is -0.610. The summed E-state index contributed by atoms with van der Waals surface area (Å²) in [4.78, 5) is 10.7. The molecule has 0 spiro atoms. The number of carbonyl (C=O) groups is 1. The van der Waals surface area contributed by atoms with Crippen LogP contribution in [0, 0.1) is 5.92 Å². The van der Waals surface area contributed by atoms with E-state index in [1.165, 1.54) is 0 Å². The second kappa shape index (κ2) is 5.47. The van der Waals surface area contributed by atoms with Crippen LogP contribution in [-0.2, 0) is 4.79 Å². The molecule has 0 unspecified atom stereocenters. The number of hydrogen-bond donors (Lipinski definition) is 3. The number of aliphatic carboxylic acids is 1. The Labute approximate surface area is 90.7 Å². The fourth-order valence-corrected chi connectivity index (χ4v) is 2.08. The second-order valence-corrected chi connectivity index (χ2v) is 4.51. The van der Waals surface area contributed by atoms with E-state index in [0.717, 1.165) is 13.0 Å². The van der Waals surface area contributed by atoms with E-state index in [4.69, 9.17) is 5.11 Å². The van der Waals surface area contributed by atoms with Crippen molar-refractivity contribution >= 4 is 5.97 Å². The van der Waals surface area contributed by atoms with Gasteiger partial charge in [0.25, 0.3) is 0 Å². The van der Waals surface area contributed by atoms with Gasteiger partial charge in [0.2, 0.25) is 0 Å². The van der Waals surface area contributed by atoms with E-state index in [-0.39, 0.29) is 5.92 Å². The molecular weight excluding hydrogens is 194 g/mol. The zero-order valence-corrected chi connectivity index (χ0v) is 9.33. The molecule has 1 rings (SSSR count). The molecule has 0 aliphatic heterocycles. The normalized spacial score (nSPS) is 31.5. The molecule has 0 saturated heterocycles. The molecule has 1 aliphatic carbocycles. The van der Waals surface area contributed by atoms with Gasteiger partial charge in [0.1, 0.15) is 0 Å². The molecule has 0 aromatic rings. The third-order valence-electron chi connectivity index (χ3n) is 3.15. The van der Waals surface area contributed by atoms with Gasteiger partial charge in [-0.3, -0.25) is 4.79 Å². The zero-order chi connectivity index (χ0) is 11.3. The number of hydrogen-bond acceptors (Lipinski definition) is 3. The molecule has 0 heterocycles. The molecule has 1 saturated carbocycles. The molecule has 0 atom stereocenters. The Bertz CT molecular complexity index is 210. The van der Waals surface area contributed by atoms with E-state index in [0.29, 0.717) is 32.2 Å². The number of nitrogens with one attached hydrogen (secondary N) is 1. The predicted molar refractivity (Wildman–Crippen MR) is 57.7 cm³/mol. The maximum absolute atomic E-state index is 10.7. The van der Waals surface area contributed by atoms with Gasteiger partial charge < -0.3 is 15.5 Å². The summed E-state index contributed by atoms with van der Waals surface area (Å²) < 4.78 is 0. The maximum Gasteiger partial charge on any atom is 0.306 e. The fraction of sp³-hybridized carbons (Fsp3) is 0.909. The third kappa shape index (κ3) is 3.80. The van der Waals surface area contributed by atoms with Crippen LogP contribution in [0.5, 0.6) is 0 Å². The van der Waals surface area contributed by atoms with Crippen molar-refractivity contribution < 1.29 is 15.0 Å². The summed E-state index contributed by atoms with van der Waals surface area (Å²) in [5.41, 5.74) is -0.679. The zero-order valence-electron chi connectivity index (χ0n) is 9.33. The quantitative estimate of drug-likeness (QED) is 0.598. The van der Waals surface area contributed by atoms with E-state index < -0.39 is 11.6 Å². The van der Waals surface area contributed by atoms with Crippen LogP contribution in [0.15, 0.2) is 0 Å². The summed E-state index contributed by atoms with van der Waals surface area (Å²) in [5, 5.41) is 22.2. The highest BCUT2D eigenvalue weighted by Gasteiger charge is 2.35. The Kier molecular flexibility index (Phi) is 4.54. The van der Waals surface area contributed by atoms with Gasteiger partial charge >= 0.3 is 5.97 Å². The SMILES string of the molecule is CCCNCC1(O)CCC(C(=O)O)CC1. The van der Waals surface area contributed by atoms with Crippen molar-refractivity contribution in [2.75, 3.05) is 13.1 Å². The van der Waals surface area contributed by atoms with Crippen LogP contribution in [0.25, 0.3) is 0 Å². The number of carboxylic acid groups (broad SMARTS) is 1. The van der Waals surface area contributed by atoms with Crippen LogP contribution in [0.2, 0.25) is 0 Å². The molecule has 4 nitrogen and oxygen atoms in total. The molecule has 0 aromatic carbocycles. The molecule has 3 N–H and O–H groups in total. The van der Waals surface area contributed by atoms with E-state index in [1.807, 2.05) is 0 Å². The first-order chi connectivity index (χ1) is 7.07. The Morgan fingerprint density at radius 1 is 1.47 bits per heavy atom. The van der Waals surface area contributed by atoms with Gasteiger partial charge in [0.15, 0.2) is 0 Å². The van der Waals surface area contributed by atoms with Gasteiger partial charge in [-0.25, -0.2) is 0 Å². The topological polar surface area (TPSA) is 69.6 Å². The smallest absolute Gasteiger partial charge is 0.306 e. The van der Waals surface area contributed by atoms with Gasteiger partial charge in [0.05, 0.1) is 11.5 Å². The van der Waals surface area contributed by atoms with Gasteiger partial charge in [-0.05, 0) is 38.6 Å². The lowest BCUT2D eigenvalue weighted by atomic mass is 9.79. The highest BCUT2D eigenvalue weighted by Crippen LogP contribution is 2.31.